The number of hydrogen-bond donors (Lipinski definition) is 1. The van der Waals surface area contributed by atoms with E-state index in [-0.39, 0.29) is 11.8 Å². The number of allylic oxidation sites excluding steroid dienone is 1. The SMILES string of the molecule is CCCCCCSC1=C(C#N)[C@H](c2cccc(Cl)c2)CC(=O)N1. The Morgan fingerprint density at radius 3 is 2.91 bits per heavy atom. The number of halogens is 1. The lowest BCUT2D eigenvalue weighted by atomic mass is 9.87. The van der Waals surface area contributed by atoms with Crippen LogP contribution in [0.15, 0.2) is 34.9 Å². The fourth-order valence-electron chi connectivity index (χ4n) is 2.64. The lowest BCUT2D eigenvalue weighted by Gasteiger charge is -2.25. The molecule has 0 aromatic heterocycles. The van der Waals surface area contributed by atoms with Crippen molar-refractivity contribution in [3.63, 3.8) is 0 Å². The highest BCUT2D eigenvalue weighted by Gasteiger charge is 2.29. The van der Waals surface area contributed by atoms with E-state index in [0.29, 0.717) is 22.0 Å². The van der Waals surface area contributed by atoms with Crippen molar-refractivity contribution in [2.45, 2.75) is 44.9 Å². The number of amides is 1. The van der Waals surface area contributed by atoms with E-state index in [2.05, 4.69) is 18.3 Å². The van der Waals surface area contributed by atoms with E-state index < -0.39 is 0 Å². The number of carbonyl (C=O) groups excluding carboxylic acids is 1. The molecular weight excluding hydrogens is 328 g/mol. The molecule has 0 radical (unpaired) electrons. The van der Waals surface area contributed by atoms with Crippen LogP contribution in [0.3, 0.4) is 0 Å². The van der Waals surface area contributed by atoms with Gasteiger partial charge in [0.1, 0.15) is 0 Å². The normalized spacial score (nSPS) is 17.8. The Hall–Kier alpha value is -1.44. The summed E-state index contributed by atoms with van der Waals surface area (Å²) < 4.78 is 0. The number of nitriles is 1. The second-order valence-corrected chi connectivity index (χ2v) is 7.17. The van der Waals surface area contributed by atoms with E-state index in [1.807, 2.05) is 18.2 Å². The minimum atomic E-state index is -0.203. The van der Waals surface area contributed by atoms with E-state index in [4.69, 9.17) is 11.6 Å². The summed E-state index contributed by atoms with van der Waals surface area (Å²) in [5.41, 5.74) is 1.57. The Kier molecular flexibility index (Phi) is 7.01. The molecule has 1 heterocycles. The Balaban J connectivity index is 2.16. The Morgan fingerprint density at radius 2 is 2.22 bits per heavy atom. The summed E-state index contributed by atoms with van der Waals surface area (Å²) in [7, 11) is 0. The van der Waals surface area contributed by atoms with Crippen molar-refractivity contribution >= 4 is 29.3 Å². The smallest absolute Gasteiger partial charge is 0.225 e. The van der Waals surface area contributed by atoms with E-state index in [1.54, 1.807) is 17.8 Å². The summed E-state index contributed by atoms with van der Waals surface area (Å²) in [6.07, 6.45) is 5.00. The molecule has 1 aliphatic rings. The third-order valence-electron chi connectivity index (χ3n) is 3.85. The Morgan fingerprint density at radius 1 is 1.39 bits per heavy atom. The van der Waals surface area contributed by atoms with Crippen LogP contribution in [0.4, 0.5) is 0 Å². The quantitative estimate of drug-likeness (QED) is 0.706. The lowest BCUT2D eigenvalue weighted by Crippen LogP contribution is -2.30. The molecule has 0 spiro atoms. The first-order valence-electron chi connectivity index (χ1n) is 7.98. The standard InChI is InChI=1S/C18H21ClN2OS/c1-2-3-4-5-9-23-18-16(12-20)15(11-17(22)21-18)13-7-6-8-14(19)10-13/h6-8,10,15H,2-5,9,11H2,1H3,(H,21,22)/t15-/m0/s1. The van der Waals surface area contributed by atoms with Gasteiger partial charge in [0.05, 0.1) is 16.7 Å². The van der Waals surface area contributed by atoms with Crippen LogP contribution >= 0.6 is 23.4 Å². The van der Waals surface area contributed by atoms with Crippen molar-refractivity contribution in [2.75, 3.05) is 5.75 Å². The molecule has 5 heteroatoms. The van der Waals surface area contributed by atoms with Crippen LogP contribution in [0.2, 0.25) is 5.02 Å². The summed E-state index contributed by atoms with van der Waals surface area (Å²) in [5, 5.41) is 13.8. The monoisotopic (exact) mass is 348 g/mol. The van der Waals surface area contributed by atoms with Crippen molar-refractivity contribution < 1.29 is 4.79 Å². The zero-order valence-corrected chi connectivity index (χ0v) is 14.8. The third-order valence-corrected chi connectivity index (χ3v) is 5.19. The predicted octanol–water partition coefficient (Wildman–Crippen LogP) is 4.99. The van der Waals surface area contributed by atoms with Crippen LogP contribution < -0.4 is 5.32 Å². The molecule has 3 nitrogen and oxygen atoms in total. The average Bonchev–Trinajstić information content (AvgIpc) is 2.54. The minimum Gasteiger partial charge on any atom is -0.320 e. The molecule has 2 rings (SSSR count). The van der Waals surface area contributed by atoms with Crippen molar-refractivity contribution in [3.8, 4) is 6.07 Å². The van der Waals surface area contributed by atoms with Crippen LogP contribution in [-0.4, -0.2) is 11.7 Å². The van der Waals surface area contributed by atoms with E-state index >= 15 is 0 Å². The molecule has 0 aliphatic carbocycles. The number of rotatable bonds is 7. The summed E-state index contributed by atoms with van der Waals surface area (Å²) in [6, 6.07) is 9.72. The van der Waals surface area contributed by atoms with Gasteiger partial charge in [0.2, 0.25) is 5.91 Å². The van der Waals surface area contributed by atoms with Gasteiger partial charge in [-0.05, 0) is 29.9 Å². The molecule has 0 fully saturated rings. The van der Waals surface area contributed by atoms with Crippen molar-refractivity contribution in [1.82, 2.24) is 5.32 Å². The summed E-state index contributed by atoms with van der Waals surface area (Å²) in [6.45, 7) is 2.18. The number of hydrogen-bond acceptors (Lipinski definition) is 3. The molecule has 0 unspecified atom stereocenters. The first-order chi connectivity index (χ1) is 11.2. The van der Waals surface area contributed by atoms with Gasteiger partial charge in [-0.15, -0.1) is 11.8 Å². The van der Waals surface area contributed by atoms with E-state index in [0.717, 1.165) is 17.7 Å². The van der Waals surface area contributed by atoms with Gasteiger partial charge in [-0.1, -0.05) is 49.9 Å². The van der Waals surface area contributed by atoms with Gasteiger partial charge < -0.3 is 5.32 Å². The Bertz CT molecular complexity index is 636. The first-order valence-corrected chi connectivity index (χ1v) is 9.34. The summed E-state index contributed by atoms with van der Waals surface area (Å²) in [4.78, 5) is 12.0. The molecule has 23 heavy (non-hydrogen) atoms. The lowest BCUT2D eigenvalue weighted by molar-refractivity contribution is -0.120. The maximum atomic E-state index is 12.0. The zero-order chi connectivity index (χ0) is 16.7. The second-order valence-electron chi connectivity index (χ2n) is 5.62. The molecular formula is C18H21ClN2OS. The third kappa shape index (κ3) is 5.02. The fourth-order valence-corrected chi connectivity index (χ4v) is 3.92. The maximum Gasteiger partial charge on any atom is 0.225 e. The molecule has 0 bridgehead atoms. The molecule has 1 aliphatic heterocycles. The van der Waals surface area contributed by atoms with E-state index in [9.17, 15) is 10.1 Å². The number of unbranched alkanes of at least 4 members (excludes halogenated alkanes) is 3. The van der Waals surface area contributed by atoms with Crippen molar-refractivity contribution in [1.29, 1.82) is 5.26 Å². The Labute approximate surface area is 147 Å². The highest BCUT2D eigenvalue weighted by Crippen LogP contribution is 2.36. The van der Waals surface area contributed by atoms with Gasteiger partial charge in [-0.25, -0.2) is 0 Å². The fraction of sp³-hybridized carbons (Fsp3) is 0.444. The molecule has 1 atom stereocenters. The highest BCUT2D eigenvalue weighted by atomic mass is 35.5. The van der Waals surface area contributed by atoms with E-state index in [1.165, 1.54) is 19.3 Å². The van der Waals surface area contributed by atoms with Crippen molar-refractivity contribution in [3.05, 3.63) is 45.5 Å². The van der Waals surface area contributed by atoms with Gasteiger partial charge >= 0.3 is 0 Å². The first kappa shape index (κ1) is 17.9. The summed E-state index contributed by atoms with van der Waals surface area (Å²) in [5.74, 6) is 0.680. The number of thioether (sulfide) groups is 1. The van der Waals surface area contributed by atoms with Crippen LogP contribution in [0, 0.1) is 11.3 Å². The predicted molar refractivity (Wildman–Crippen MR) is 96.2 cm³/mol. The largest absolute Gasteiger partial charge is 0.320 e. The molecule has 1 amide bonds. The van der Waals surface area contributed by atoms with Gasteiger partial charge in [0.15, 0.2) is 0 Å². The van der Waals surface area contributed by atoms with Gasteiger partial charge in [-0.3, -0.25) is 4.79 Å². The van der Waals surface area contributed by atoms with Crippen LogP contribution in [0.5, 0.6) is 0 Å². The zero-order valence-electron chi connectivity index (χ0n) is 13.3. The topological polar surface area (TPSA) is 52.9 Å². The molecule has 0 saturated heterocycles. The molecule has 122 valence electrons. The molecule has 1 aromatic rings. The van der Waals surface area contributed by atoms with Crippen LogP contribution in [-0.2, 0) is 4.79 Å². The molecule has 1 N–H and O–H groups in total. The highest BCUT2D eigenvalue weighted by molar-refractivity contribution is 8.03. The summed E-state index contributed by atoms with van der Waals surface area (Å²) >= 11 is 7.63. The second kappa shape index (κ2) is 9.00. The minimum absolute atomic E-state index is 0.0370. The van der Waals surface area contributed by atoms with Crippen LogP contribution in [0.1, 0.15) is 50.5 Å². The number of nitrogens with one attached hydrogen (secondary N) is 1. The van der Waals surface area contributed by atoms with Gasteiger partial charge in [0, 0.05) is 17.4 Å². The van der Waals surface area contributed by atoms with Gasteiger partial charge in [-0.2, -0.15) is 5.26 Å². The average molecular weight is 349 g/mol. The van der Waals surface area contributed by atoms with Crippen LogP contribution in [0.25, 0.3) is 0 Å². The van der Waals surface area contributed by atoms with Crippen molar-refractivity contribution in [2.24, 2.45) is 0 Å². The maximum absolute atomic E-state index is 12.0. The number of carbonyl (C=O) groups is 1. The number of nitrogens with zero attached hydrogens (tertiary/aromatic N) is 1. The van der Waals surface area contributed by atoms with Gasteiger partial charge in [0.25, 0.3) is 0 Å². The molecule has 0 saturated carbocycles. The number of benzene rings is 1. The molecule has 1 aromatic carbocycles.